The van der Waals surface area contributed by atoms with Gasteiger partial charge < -0.3 is 10.6 Å². The van der Waals surface area contributed by atoms with Crippen molar-refractivity contribution in [1.29, 1.82) is 0 Å². The normalized spacial score (nSPS) is 14.9. The Labute approximate surface area is 177 Å². The Balaban J connectivity index is 1.79. The molecule has 1 aliphatic rings. The molecule has 0 spiro atoms. The Bertz CT molecular complexity index is 1120. The number of carbonyl (C=O) groups excluding carboxylic acids is 2. The second kappa shape index (κ2) is 8.20. The van der Waals surface area contributed by atoms with Gasteiger partial charge in [0.15, 0.2) is 0 Å². The number of rotatable bonds is 5. The summed E-state index contributed by atoms with van der Waals surface area (Å²) < 4.78 is 14.4. The number of primary amides is 1. The van der Waals surface area contributed by atoms with Crippen molar-refractivity contribution in [1.82, 2.24) is 14.9 Å². The van der Waals surface area contributed by atoms with Gasteiger partial charge in [0.2, 0.25) is 5.91 Å². The van der Waals surface area contributed by atoms with E-state index in [1.807, 2.05) is 0 Å². The number of carbonyl (C=O) groups is 2. The van der Waals surface area contributed by atoms with E-state index in [0.29, 0.717) is 35.1 Å². The molecule has 0 fully saturated rings. The molecule has 1 aromatic heterocycles. The molecule has 2 aromatic carbocycles. The van der Waals surface area contributed by atoms with Crippen LogP contribution < -0.4 is 5.73 Å². The predicted octanol–water partition coefficient (Wildman–Crippen LogP) is 3.70. The van der Waals surface area contributed by atoms with Gasteiger partial charge >= 0.3 is 0 Å². The van der Waals surface area contributed by atoms with Crippen molar-refractivity contribution in [2.75, 3.05) is 0 Å². The first-order valence-corrected chi connectivity index (χ1v) is 9.76. The lowest BCUT2D eigenvalue weighted by Crippen LogP contribution is -2.35. The molecule has 0 bridgehead atoms. The van der Waals surface area contributed by atoms with Gasteiger partial charge in [0.05, 0.1) is 12.2 Å². The summed E-state index contributed by atoms with van der Waals surface area (Å²) in [6.45, 7) is 0.104. The zero-order chi connectivity index (χ0) is 21.3. The van der Waals surface area contributed by atoms with Crippen molar-refractivity contribution in [2.24, 2.45) is 5.73 Å². The Morgan fingerprint density at radius 1 is 1.23 bits per heavy atom. The first-order valence-electron chi connectivity index (χ1n) is 9.38. The first-order chi connectivity index (χ1) is 14.5. The molecular weight excluding hydrogens is 407 g/mol. The van der Waals surface area contributed by atoms with Gasteiger partial charge in [0.1, 0.15) is 11.5 Å². The molecule has 3 aromatic rings. The minimum absolute atomic E-state index is 0.104. The van der Waals surface area contributed by atoms with Crippen LogP contribution in [0.2, 0.25) is 5.02 Å². The molecule has 0 saturated carbocycles. The molecule has 0 radical (unpaired) electrons. The van der Waals surface area contributed by atoms with Crippen molar-refractivity contribution in [3.63, 3.8) is 0 Å². The minimum Gasteiger partial charge on any atom is -0.366 e. The van der Waals surface area contributed by atoms with E-state index in [0.717, 1.165) is 0 Å². The fourth-order valence-corrected chi connectivity index (χ4v) is 4.12. The summed E-state index contributed by atoms with van der Waals surface area (Å²) in [6.07, 6.45) is 5.29. The lowest BCUT2D eigenvalue weighted by molar-refractivity contribution is 0.0649. The summed E-state index contributed by atoms with van der Waals surface area (Å²) in [5.41, 5.74) is 7.80. The number of hydrogen-bond donors (Lipinski definition) is 1. The van der Waals surface area contributed by atoms with Gasteiger partial charge in [0.25, 0.3) is 5.91 Å². The van der Waals surface area contributed by atoms with Crippen LogP contribution in [0.3, 0.4) is 0 Å². The molecule has 1 atom stereocenters. The number of benzene rings is 2. The van der Waals surface area contributed by atoms with Crippen LogP contribution in [-0.2, 0) is 13.0 Å². The Kier molecular flexibility index (Phi) is 5.46. The molecule has 6 nitrogen and oxygen atoms in total. The summed E-state index contributed by atoms with van der Waals surface area (Å²) in [5, 5.41) is 0.266. The van der Waals surface area contributed by atoms with E-state index in [2.05, 4.69) is 9.97 Å². The second-order valence-corrected chi connectivity index (χ2v) is 7.49. The maximum atomic E-state index is 14.4. The van der Waals surface area contributed by atoms with Gasteiger partial charge in [-0.1, -0.05) is 29.8 Å². The van der Waals surface area contributed by atoms with Crippen LogP contribution in [0.1, 0.15) is 50.0 Å². The summed E-state index contributed by atoms with van der Waals surface area (Å²) in [7, 11) is 0. The summed E-state index contributed by atoms with van der Waals surface area (Å²) in [4.78, 5) is 34.9. The highest BCUT2D eigenvalue weighted by Gasteiger charge is 2.34. The number of fused-ring (bicyclic) bond motifs is 1. The fourth-order valence-electron chi connectivity index (χ4n) is 3.91. The van der Waals surface area contributed by atoms with Gasteiger partial charge in [-0.2, -0.15) is 0 Å². The van der Waals surface area contributed by atoms with Crippen molar-refractivity contribution in [3.05, 3.63) is 93.8 Å². The van der Waals surface area contributed by atoms with E-state index in [9.17, 15) is 14.0 Å². The summed E-state index contributed by atoms with van der Waals surface area (Å²) >= 11 is 6.10. The van der Waals surface area contributed by atoms with Crippen LogP contribution in [-0.4, -0.2) is 26.7 Å². The number of hydrogen-bond acceptors (Lipinski definition) is 4. The second-order valence-electron chi connectivity index (χ2n) is 7.05. The Hall–Kier alpha value is -3.32. The van der Waals surface area contributed by atoms with E-state index in [1.54, 1.807) is 35.2 Å². The third-order valence-electron chi connectivity index (χ3n) is 5.26. The molecule has 0 saturated heterocycles. The molecule has 0 unspecified atom stereocenters. The zero-order valence-electron chi connectivity index (χ0n) is 15.9. The predicted molar refractivity (Wildman–Crippen MR) is 109 cm³/mol. The van der Waals surface area contributed by atoms with Gasteiger partial charge in [-0.15, -0.1) is 0 Å². The smallest absolute Gasteiger partial charge is 0.274 e. The van der Waals surface area contributed by atoms with Crippen LogP contribution in [0, 0.1) is 5.82 Å². The summed E-state index contributed by atoms with van der Waals surface area (Å²) in [5.74, 6) is -1.34. The molecule has 1 heterocycles. The van der Waals surface area contributed by atoms with Crippen LogP contribution in [0.4, 0.5) is 4.39 Å². The average molecular weight is 425 g/mol. The van der Waals surface area contributed by atoms with Gasteiger partial charge in [-0.3, -0.25) is 14.6 Å². The average Bonchev–Trinajstić information content (AvgIpc) is 3.16. The fraction of sp³-hybridized carbons (Fsp3) is 0.182. The monoisotopic (exact) mass is 424 g/mol. The molecule has 0 aliphatic heterocycles. The quantitative estimate of drug-likeness (QED) is 0.676. The molecule has 8 heteroatoms. The number of nitrogens with two attached hydrogens (primary N) is 1. The molecule has 152 valence electrons. The van der Waals surface area contributed by atoms with Crippen LogP contribution >= 0.6 is 11.6 Å². The molecule has 4 rings (SSSR count). The largest absolute Gasteiger partial charge is 0.366 e. The minimum atomic E-state index is -0.585. The topological polar surface area (TPSA) is 89.2 Å². The molecule has 2 amide bonds. The van der Waals surface area contributed by atoms with E-state index < -0.39 is 11.9 Å². The number of halogens is 2. The van der Waals surface area contributed by atoms with Crippen LogP contribution in [0.15, 0.2) is 55.0 Å². The number of amides is 2. The number of nitrogens with zero attached hydrogens (tertiary/aromatic N) is 3. The molecule has 2 N–H and O–H groups in total. The van der Waals surface area contributed by atoms with Crippen molar-refractivity contribution in [3.8, 4) is 0 Å². The summed E-state index contributed by atoms with van der Waals surface area (Å²) in [6, 6.07) is 9.37. The van der Waals surface area contributed by atoms with Crippen molar-refractivity contribution >= 4 is 23.4 Å². The van der Waals surface area contributed by atoms with Crippen molar-refractivity contribution in [2.45, 2.75) is 25.4 Å². The standard InChI is InChI=1S/C22H18ClFN4O2/c23-14-9-17-16(18(24)10-14)5-6-20(17)28(22(30)19-11-26-7-8-27-19)12-13-3-1-2-4-15(13)21(25)29/h1-4,7-11,20H,5-6,12H2,(H2,25,29)/t20-/m1/s1. The van der Waals surface area contributed by atoms with Crippen molar-refractivity contribution < 1.29 is 14.0 Å². The van der Waals surface area contributed by atoms with Crippen LogP contribution in [0.5, 0.6) is 0 Å². The van der Waals surface area contributed by atoms with Crippen LogP contribution in [0.25, 0.3) is 0 Å². The third-order valence-corrected chi connectivity index (χ3v) is 5.48. The maximum Gasteiger partial charge on any atom is 0.274 e. The van der Waals surface area contributed by atoms with E-state index >= 15 is 0 Å². The third kappa shape index (κ3) is 3.76. The maximum absolute atomic E-state index is 14.4. The SMILES string of the molecule is NC(=O)c1ccccc1CN(C(=O)c1cnccn1)[C@@H]1CCc2c(F)cc(Cl)cc21. The Morgan fingerprint density at radius 2 is 2.03 bits per heavy atom. The highest BCUT2D eigenvalue weighted by molar-refractivity contribution is 6.30. The number of aromatic nitrogens is 2. The highest BCUT2D eigenvalue weighted by atomic mass is 35.5. The zero-order valence-corrected chi connectivity index (χ0v) is 16.6. The van der Waals surface area contributed by atoms with E-state index in [-0.39, 0.29) is 29.0 Å². The Morgan fingerprint density at radius 3 is 2.77 bits per heavy atom. The van der Waals surface area contributed by atoms with Gasteiger partial charge in [-0.05, 0) is 47.7 Å². The van der Waals surface area contributed by atoms with E-state index in [1.165, 1.54) is 24.7 Å². The molecular formula is C22H18ClFN4O2. The lowest BCUT2D eigenvalue weighted by Gasteiger charge is -2.30. The lowest BCUT2D eigenvalue weighted by atomic mass is 10.0. The first kappa shape index (κ1) is 20.0. The van der Waals surface area contributed by atoms with Gasteiger partial charge in [0, 0.05) is 29.5 Å². The van der Waals surface area contributed by atoms with Gasteiger partial charge in [-0.25, -0.2) is 9.37 Å². The molecule has 30 heavy (non-hydrogen) atoms. The highest BCUT2D eigenvalue weighted by Crippen LogP contribution is 2.40. The van der Waals surface area contributed by atoms with E-state index in [4.69, 9.17) is 17.3 Å². The molecule has 1 aliphatic carbocycles.